The quantitative estimate of drug-likeness (QED) is 0.413. The molecule has 0 aliphatic carbocycles. The van der Waals surface area contributed by atoms with Gasteiger partial charge in [-0.1, -0.05) is 57.9 Å². The second kappa shape index (κ2) is 12.1. The molecule has 0 fully saturated rings. The van der Waals surface area contributed by atoms with Crippen molar-refractivity contribution in [3.8, 4) is 0 Å². The SMILES string of the molecule is C=C[C@H](OCC)[C@@H](O)CCCCCCCCC. The molecule has 0 unspecified atom stereocenters. The monoisotopic (exact) mass is 242 g/mol. The molecule has 0 rings (SSSR count). The van der Waals surface area contributed by atoms with Crippen LogP contribution in [-0.2, 0) is 4.74 Å². The van der Waals surface area contributed by atoms with E-state index >= 15 is 0 Å². The van der Waals surface area contributed by atoms with Gasteiger partial charge in [-0.2, -0.15) is 0 Å². The van der Waals surface area contributed by atoms with Gasteiger partial charge >= 0.3 is 0 Å². The molecule has 0 aliphatic rings. The summed E-state index contributed by atoms with van der Waals surface area (Å²) in [6.07, 6.45) is 10.9. The number of aliphatic hydroxyl groups excluding tert-OH is 1. The molecule has 0 aromatic carbocycles. The fourth-order valence-electron chi connectivity index (χ4n) is 2.00. The number of hydrogen-bond acceptors (Lipinski definition) is 2. The van der Waals surface area contributed by atoms with Gasteiger partial charge in [0, 0.05) is 6.61 Å². The molecule has 0 radical (unpaired) electrons. The van der Waals surface area contributed by atoms with Crippen molar-refractivity contribution in [2.24, 2.45) is 0 Å². The first kappa shape index (κ1) is 16.7. The van der Waals surface area contributed by atoms with Gasteiger partial charge in [0.1, 0.15) is 6.10 Å². The molecule has 0 saturated carbocycles. The maximum absolute atomic E-state index is 9.88. The smallest absolute Gasteiger partial charge is 0.101 e. The summed E-state index contributed by atoms with van der Waals surface area (Å²) in [4.78, 5) is 0. The van der Waals surface area contributed by atoms with Gasteiger partial charge in [-0.25, -0.2) is 0 Å². The van der Waals surface area contributed by atoms with Crippen LogP contribution in [0.1, 0.15) is 65.2 Å². The summed E-state index contributed by atoms with van der Waals surface area (Å²) < 4.78 is 5.39. The van der Waals surface area contributed by atoms with Crippen LogP contribution in [0, 0.1) is 0 Å². The van der Waals surface area contributed by atoms with Crippen molar-refractivity contribution in [2.45, 2.75) is 77.4 Å². The number of rotatable bonds is 12. The zero-order valence-corrected chi connectivity index (χ0v) is 11.7. The lowest BCUT2D eigenvalue weighted by atomic mass is 10.0. The molecule has 2 nitrogen and oxygen atoms in total. The number of ether oxygens (including phenoxy) is 1. The minimum Gasteiger partial charge on any atom is -0.390 e. The fourth-order valence-corrected chi connectivity index (χ4v) is 2.00. The highest BCUT2D eigenvalue weighted by atomic mass is 16.5. The Morgan fingerprint density at radius 2 is 1.65 bits per heavy atom. The summed E-state index contributed by atoms with van der Waals surface area (Å²) in [7, 11) is 0. The van der Waals surface area contributed by atoms with E-state index in [-0.39, 0.29) is 12.2 Å². The largest absolute Gasteiger partial charge is 0.390 e. The summed E-state index contributed by atoms with van der Waals surface area (Å²) in [5.41, 5.74) is 0. The normalized spacial score (nSPS) is 14.5. The van der Waals surface area contributed by atoms with Gasteiger partial charge in [-0.3, -0.25) is 0 Å². The van der Waals surface area contributed by atoms with Crippen molar-refractivity contribution in [1.29, 1.82) is 0 Å². The van der Waals surface area contributed by atoms with E-state index in [1.54, 1.807) is 6.08 Å². The average molecular weight is 242 g/mol. The van der Waals surface area contributed by atoms with Crippen LogP contribution < -0.4 is 0 Å². The Labute approximate surface area is 107 Å². The zero-order chi connectivity index (χ0) is 12.9. The maximum atomic E-state index is 9.88. The summed E-state index contributed by atoms with van der Waals surface area (Å²) in [6, 6.07) is 0. The maximum Gasteiger partial charge on any atom is 0.101 e. The molecule has 0 saturated heterocycles. The third-order valence-electron chi connectivity index (χ3n) is 3.07. The molecule has 102 valence electrons. The van der Waals surface area contributed by atoms with Gasteiger partial charge in [-0.15, -0.1) is 6.58 Å². The van der Waals surface area contributed by atoms with E-state index in [4.69, 9.17) is 4.74 Å². The summed E-state index contributed by atoms with van der Waals surface area (Å²) >= 11 is 0. The van der Waals surface area contributed by atoms with Crippen LogP contribution in [0.15, 0.2) is 12.7 Å². The molecule has 17 heavy (non-hydrogen) atoms. The van der Waals surface area contributed by atoms with Crippen LogP contribution in [0.2, 0.25) is 0 Å². The minimum absolute atomic E-state index is 0.194. The Balaban J connectivity index is 3.42. The lowest BCUT2D eigenvalue weighted by molar-refractivity contribution is -0.00900. The first-order valence-corrected chi connectivity index (χ1v) is 7.18. The van der Waals surface area contributed by atoms with E-state index in [1.165, 1.54) is 38.5 Å². The molecule has 0 spiro atoms. The van der Waals surface area contributed by atoms with Crippen molar-refractivity contribution in [3.63, 3.8) is 0 Å². The molecule has 0 amide bonds. The molecule has 2 heteroatoms. The van der Waals surface area contributed by atoms with Crippen LogP contribution in [0.5, 0.6) is 0 Å². The van der Waals surface area contributed by atoms with Crippen LogP contribution in [0.3, 0.4) is 0 Å². The van der Waals surface area contributed by atoms with Gasteiger partial charge in [0.15, 0.2) is 0 Å². The van der Waals surface area contributed by atoms with Gasteiger partial charge in [0.2, 0.25) is 0 Å². The van der Waals surface area contributed by atoms with Gasteiger partial charge < -0.3 is 9.84 Å². The summed E-state index contributed by atoms with van der Waals surface area (Å²) in [5, 5.41) is 9.88. The lowest BCUT2D eigenvalue weighted by Gasteiger charge is -2.19. The van der Waals surface area contributed by atoms with Crippen molar-refractivity contribution in [1.82, 2.24) is 0 Å². The van der Waals surface area contributed by atoms with E-state index in [2.05, 4.69) is 13.5 Å². The van der Waals surface area contributed by atoms with E-state index in [0.29, 0.717) is 6.61 Å². The van der Waals surface area contributed by atoms with Crippen molar-refractivity contribution in [3.05, 3.63) is 12.7 Å². The Hall–Kier alpha value is -0.340. The van der Waals surface area contributed by atoms with Crippen LogP contribution >= 0.6 is 0 Å². The van der Waals surface area contributed by atoms with E-state index in [1.807, 2.05) is 6.92 Å². The van der Waals surface area contributed by atoms with E-state index in [9.17, 15) is 5.11 Å². The minimum atomic E-state index is -0.386. The Kier molecular flexibility index (Phi) is 11.9. The van der Waals surface area contributed by atoms with Crippen LogP contribution in [0.4, 0.5) is 0 Å². The van der Waals surface area contributed by atoms with Gasteiger partial charge in [0.05, 0.1) is 6.10 Å². The molecule has 1 N–H and O–H groups in total. The van der Waals surface area contributed by atoms with Gasteiger partial charge in [0.25, 0.3) is 0 Å². The van der Waals surface area contributed by atoms with Crippen molar-refractivity contribution < 1.29 is 9.84 Å². The molecule has 2 atom stereocenters. The number of aliphatic hydroxyl groups is 1. The standard InChI is InChI=1S/C15H30O2/c1-4-7-8-9-10-11-12-13-14(16)15(5-2)17-6-3/h5,14-16H,2,4,6-13H2,1,3H3/t14-,15-/m0/s1. The van der Waals surface area contributed by atoms with Crippen molar-refractivity contribution >= 4 is 0 Å². The average Bonchev–Trinajstić information content (AvgIpc) is 2.34. The predicted molar refractivity (Wildman–Crippen MR) is 74.2 cm³/mol. The molecular formula is C15H30O2. The highest BCUT2D eigenvalue weighted by molar-refractivity contribution is 4.85. The summed E-state index contributed by atoms with van der Waals surface area (Å²) in [6.45, 7) is 8.50. The molecule has 0 bridgehead atoms. The topological polar surface area (TPSA) is 29.5 Å². The second-order valence-corrected chi connectivity index (χ2v) is 4.63. The lowest BCUT2D eigenvalue weighted by Crippen LogP contribution is -2.26. The predicted octanol–water partition coefficient (Wildman–Crippen LogP) is 4.08. The Morgan fingerprint density at radius 3 is 2.18 bits per heavy atom. The molecule has 0 aromatic heterocycles. The third-order valence-corrected chi connectivity index (χ3v) is 3.07. The zero-order valence-electron chi connectivity index (χ0n) is 11.7. The molecule has 0 aromatic rings. The third kappa shape index (κ3) is 9.37. The van der Waals surface area contributed by atoms with Crippen LogP contribution in [-0.4, -0.2) is 23.9 Å². The Morgan fingerprint density at radius 1 is 1.06 bits per heavy atom. The number of hydrogen-bond donors (Lipinski definition) is 1. The Bertz CT molecular complexity index is 168. The summed E-state index contributed by atoms with van der Waals surface area (Å²) in [5.74, 6) is 0. The molecular weight excluding hydrogens is 212 g/mol. The van der Waals surface area contributed by atoms with E-state index in [0.717, 1.165) is 12.8 Å². The molecule has 0 aliphatic heterocycles. The van der Waals surface area contributed by atoms with Gasteiger partial charge in [-0.05, 0) is 13.3 Å². The molecule has 0 heterocycles. The highest BCUT2D eigenvalue weighted by Crippen LogP contribution is 2.13. The van der Waals surface area contributed by atoms with Crippen LogP contribution in [0.25, 0.3) is 0 Å². The van der Waals surface area contributed by atoms with Crippen molar-refractivity contribution in [2.75, 3.05) is 6.61 Å². The second-order valence-electron chi connectivity index (χ2n) is 4.63. The first-order valence-electron chi connectivity index (χ1n) is 7.18. The van der Waals surface area contributed by atoms with E-state index < -0.39 is 0 Å². The number of unbranched alkanes of at least 4 members (excludes halogenated alkanes) is 6. The fraction of sp³-hybridized carbons (Fsp3) is 0.867. The highest BCUT2D eigenvalue weighted by Gasteiger charge is 2.14. The first-order chi connectivity index (χ1) is 8.26.